The van der Waals surface area contributed by atoms with Crippen molar-refractivity contribution < 1.29 is 9.53 Å². The number of nitrogens with zero attached hydrogens (tertiary/aromatic N) is 5. The molecule has 0 atom stereocenters. The number of alkyl carbamates (subject to hydrolysis) is 1. The Morgan fingerprint density at radius 1 is 1.32 bits per heavy atom. The molecular weight excluding hydrogens is 376 g/mol. The molecule has 0 aromatic carbocycles. The number of carbonyl (C=O) groups excluding carboxylic acids is 1. The molecule has 0 aliphatic heterocycles. The number of imidazole rings is 1. The average Bonchev–Trinajstić information content (AvgIpc) is 3.36. The van der Waals surface area contributed by atoms with Crippen LogP contribution in [-0.4, -0.2) is 35.8 Å². The SMILES string of the molecule is CC(C)(C)OC(=O)NCc1cn(-c2csc(-c3cnn4ccccc34)n2)cn1. The number of aromatic nitrogens is 5. The summed E-state index contributed by atoms with van der Waals surface area (Å²) in [4.78, 5) is 20.8. The van der Waals surface area contributed by atoms with Gasteiger partial charge >= 0.3 is 6.09 Å². The Morgan fingerprint density at radius 2 is 2.18 bits per heavy atom. The van der Waals surface area contributed by atoms with Crippen LogP contribution in [0.15, 0.2) is 48.5 Å². The van der Waals surface area contributed by atoms with Gasteiger partial charge in [0.15, 0.2) is 0 Å². The average molecular weight is 396 g/mol. The quantitative estimate of drug-likeness (QED) is 0.569. The molecule has 4 aromatic heterocycles. The molecule has 4 rings (SSSR count). The van der Waals surface area contributed by atoms with Crippen molar-refractivity contribution in [2.24, 2.45) is 0 Å². The molecule has 28 heavy (non-hydrogen) atoms. The van der Waals surface area contributed by atoms with E-state index in [-0.39, 0.29) is 6.54 Å². The fraction of sp³-hybridized carbons (Fsp3) is 0.263. The van der Waals surface area contributed by atoms with Crippen molar-refractivity contribution in [2.75, 3.05) is 0 Å². The Balaban J connectivity index is 1.47. The Labute approximate surface area is 165 Å². The normalized spacial score (nSPS) is 11.7. The van der Waals surface area contributed by atoms with E-state index >= 15 is 0 Å². The van der Waals surface area contributed by atoms with Crippen LogP contribution in [0.25, 0.3) is 21.9 Å². The number of carbonyl (C=O) groups is 1. The minimum atomic E-state index is -0.529. The predicted molar refractivity (Wildman–Crippen MR) is 106 cm³/mol. The zero-order valence-electron chi connectivity index (χ0n) is 15.8. The van der Waals surface area contributed by atoms with Gasteiger partial charge < -0.3 is 10.1 Å². The Morgan fingerprint density at radius 3 is 3.00 bits per heavy atom. The lowest BCUT2D eigenvalue weighted by molar-refractivity contribution is 0.0523. The van der Waals surface area contributed by atoms with Gasteiger partial charge in [-0.1, -0.05) is 6.07 Å². The van der Waals surface area contributed by atoms with Crippen molar-refractivity contribution in [3.05, 3.63) is 54.2 Å². The molecule has 0 bridgehead atoms. The van der Waals surface area contributed by atoms with Crippen LogP contribution < -0.4 is 5.32 Å². The number of rotatable bonds is 4. The topological polar surface area (TPSA) is 86.3 Å². The molecule has 4 heterocycles. The van der Waals surface area contributed by atoms with Gasteiger partial charge in [0.1, 0.15) is 22.8 Å². The first-order valence-corrected chi connectivity index (χ1v) is 9.65. The molecule has 9 heteroatoms. The smallest absolute Gasteiger partial charge is 0.407 e. The summed E-state index contributed by atoms with van der Waals surface area (Å²) in [6.07, 6.45) is 6.79. The van der Waals surface area contributed by atoms with Crippen LogP contribution in [-0.2, 0) is 11.3 Å². The van der Waals surface area contributed by atoms with Crippen molar-refractivity contribution >= 4 is 22.9 Å². The first-order valence-electron chi connectivity index (χ1n) is 8.77. The van der Waals surface area contributed by atoms with E-state index in [4.69, 9.17) is 9.72 Å². The van der Waals surface area contributed by atoms with Gasteiger partial charge in [-0.25, -0.2) is 19.3 Å². The van der Waals surface area contributed by atoms with Gasteiger partial charge in [0.2, 0.25) is 0 Å². The summed E-state index contributed by atoms with van der Waals surface area (Å²) < 4.78 is 8.89. The van der Waals surface area contributed by atoms with Crippen LogP contribution in [0, 0.1) is 0 Å². The number of ether oxygens (including phenoxy) is 1. The number of amides is 1. The highest BCUT2D eigenvalue weighted by Gasteiger charge is 2.16. The molecule has 4 aromatic rings. The molecule has 0 radical (unpaired) electrons. The van der Waals surface area contributed by atoms with Gasteiger partial charge in [0, 0.05) is 17.8 Å². The highest BCUT2D eigenvalue weighted by molar-refractivity contribution is 7.13. The summed E-state index contributed by atoms with van der Waals surface area (Å²) in [5.41, 5.74) is 2.19. The molecule has 0 saturated heterocycles. The summed E-state index contributed by atoms with van der Waals surface area (Å²) in [6.45, 7) is 5.76. The maximum absolute atomic E-state index is 11.8. The number of hydrogen-bond donors (Lipinski definition) is 1. The first-order chi connectivity index (χ1) is 13.4. The molecule has 0 unspecified atom stereocenters. The van der Waals surface area contributed by atoms with E-state index < -0.39 is 11.7 Å². The van der Waals surface area contributed by atoms with Crippen LogP contribution in [0.1, 0.15) is 26.5 Å². The zero-order chi connectivity index (χ0) is 19.7. The molecule has 144 valence electrons. The fourth-order valence-corrected chi connectivity index (χ4v) is 3.49. The third-order valence-electron chi connectivity index (χ3n) is 3.86. The maximum Gasteiger partial charge on any atom is 0.407 e. The number of nitrogens with one attached hydrogen (secondary N) is 1. The molecule has 0 aliphatic rings. The van der Waals surface area contributed by atoms with E-state index in [0.717, 1.165) is 27.6 Å². The molecule has 0 fully saturated rings. The molecule has 0 saturated carbocycles. The minimum absolute atomic E-state index is 0.285. The first kappa shape index (κ1) is 18.2. The molecule has 1 amide bonds. The van der Waals surface area contributed by atoms with E-state index in [0.29, 0.717) is 0 Å². The summed E-state index contributed by atoms with van der Waals surface area (Å²) in [5.74, 6) is 0.770. The number of hydrogen-bond acceptors (Lipinski definition) is 6. The summed E-state index contributed by atoms with van der Waals surface area (Å²) in [7, 11) is 0. The van der Waals surface area contributed by atoms with E-state index in [2.05, 4.69) is 15.4 Å². The third-order valence-corrected chi connectivity index (χ3v) is 4.73. The number of thiazole rings is 1. The molecule has 0 spiro atoms. The minimum Gasteiger partial charge on any atom is -0.444 e. The van der Waals surface area contributed by atoms with Crippen LogP contribution in [0.4, 0.5) is 4.79 Å². The van der Waals surface area contributed by atoms with Crippen LogP contribution >= 0.6 is 11.3 Å². The van der Waals surface area contributed by atoms with Crippen molar-refractivity contribution in [3.63, 3.8) is 0 Å². The Hall–Kier alpha value is -3.20. The highest BCUT2D eigenvalue weighted by Crippen LogP contribution is 2.28. The van der Waals surface area contributed by atoms with Crippen molar-refractivity contribution in [2.45, 2.75) is 32.9 Å². The maximum atomic E-state index is 11.8. The van der Waals surface area contributed by atoms with Crippen molar-refractivity contribution in [1.82, 2.24) is 29.5 Å². The van der Waals surface area contributed by atoms with Gasteiger partial charge in [0.05, 0.1) is 29.5 Å². The van der Waals surface area contributed by atoms with E-state index in [1.54, 1.807) is 17.7 Å². The van der Waals surface area contributed by atoms with Gasteiger partial charge in [-0.15, -0.1) is 11.3 Å². The molecule has 8 nitrogen and oxygen atoms in total. The second-order valence-corrected chi connectivity index (χ2v) is 8.09. The van der Waals surface area contributed by atoms with Gasteiger partial charge in [0.25, 0.3) is 0 Å². The zero-order valence-corrected chi connectivity index (χ0v) is 16.6. The Bertz CT molecular complexity index is 1120. The monoisotopic (exact) mass is 396 g/mol. The summed E-state index contributed by atoms with van der Waals surface area (Å²) in [5, 5.41) is 9.92. The fourth-order valence-electron chi connectivity index (χ4n) is 2.66. The lowest BCUT2D eigenvalue weighted by atomic mass is 10.2. The third kappa shape index (κ3) is 3.89. The largest absolute Gasteiger partial charge is 0.444 e. The number of fused-ring (bicyclic) bond motifs is 1. The Kier molecular flexibility index (Phi) is 4.60. The van der Waals surface area contributed by atoms with Gasteiger partial charge in [-0.3, -0.25) is 4.57 Å². The van der Waals surface area contributed by atoms with Crippen LogP contribution in [0.2, 0.25) is 0 Å². The van der Waals surface area contributed by atoms with Crippen LogP contribution in [0.5, 0.6) is 0 Å². The summed E-state index contributed by atoms with van der Waals surface area (Å²) in [6, 6.07) is 5.94. The standard InChI is InChI=1S/C19H20N6O2S/c1-19(2,3)27-18(26)20-8-13-10-24(12-21-13)16-11-28-17(23-16)14-9-22-25-7-5-4-6-15(14)25/h4-7,9-12H,8H2,1-3H3,(H,20,26). The van der Waals surface area contributed by atoms with E-state index in [1.165, 1.54) is 0 Å². The molecular formula is C19H20N6O2S. The number of pyridine rings is 1. The van der Waals surface area contributed by atoms with Crippen molar-refractivity contribution in [3.8, 4) is 16.4 Å². The second-order valence-electron chi connectivity index (χ2n) is 7.23. The van der Waals surface area contributed by atoms with Gasteiger partial charge in [-0.2, -0.15) is 5.10 Å². The second kappa shape index (κ2) is 7.08. The van der Waals surface area contributed by atoms with Crippen LogP contribution in [0.3, 0.4) is 0 Å². The van der Waals surface area contributed by atoms with Gasteiger partial charge in [-0.05, 0) is 32.9 Å². The molecule has 0 aliphatic carbocycles. The van der Waals surface area contributed by atoms with E-state index in [1.807, 2.05) is 72.0 Å². The lowest BCUT2D eigenvalue weighted by Gasteiger charge is -2.19. The van der Waals surface area contributed by atoms with Crippen molar-refractivity contribution in [1.29, 1.82) is 0 Å². The molecule has 1 N–H and O–H groups in total. The lowest BCUT2D eigenvalue weighted by Crippen LogP contribution is -2.32. The highest BCUT2D eigenvalue weighted by atomic mass is 32.1. The van der Waals surface area contributed by atoms with E-state index in [9.17, 15) is 4.79 Å². The summed E-state index contributed by atoms with van der Waals surface area (Å²) >= 11 is 1.55. The predicted octanol–water partition coefficient (Wildman–Crippen LogP) is 3.67.